The summed E-state index contributed by atoms with van der Waals surface area (Å²) in [5.41, 5.74) is 6.17. The van der Waals surface area contributed by atoms with Crippen LogP contribution in [-0.4, -0.2) is 39.6 Å². The van der Waals surface area contributed by atoms with Gasteiger partial charge in [-0.15, -0.1) is 0 Å². The van der Waals surface area contributed by atoms with Crippen molar-refractivity contribution >= 4 is 11.9 Å². The Kier molecular flexibility index (Phi) is 12.3. The fourth-order valence-corrected chi connectivity index (χ4v) is 5.93. The molecule has 8 heteroatoms. The second kappa shape index (κ2) is 17.0. The quantitative estimate of drug-likeness (QED) is 0.136. The van der Waals surface area contributed by atoms with Gasteiger partial charge in [0.2, 0.25) is 5.91 Å². The highest BCUT2D eigenvalue weighted by molar-refractivity contribution is 5.76. The van der Waals surface area contributed by atoms with E-state index in [0.717, 1.165) is 35.3 Å². The molecule has 1 aliphatic rings. The highest BCUT2D eigenvalue weighted by Gasteiger charge is 2.39. The summed E-state index contributed by atoms with van der Waals surface area (Å²) in [6, 6.07) is 36.7. The first kappa shape index (κ1) is 34.0. The molecule has 0 saturated carbocycles. The standard InChI is InChI=1S/C39H44N2O6/c1-28-35(26-41(24-30-9-4-2-5-10-30)25-31-11-6-3-7-12-31)46-39(47-38(28)33-19-17-32(27-42)18-20-33)34-21-15-29(16-22-34)23-40-36(43)13-8-14-37(44)45/h2-7,9-12,15-22,28,35,38-39,42H,8,13-14,23-27H2,1H3,(H,40,43)(H,44,45). The van der Waals surface area contributed by atoms with E-state index in [9.17, 15) is 14.7 Å². The molecule has 47 heavy (non-hydrogen) atoms. The second-order valence-electron chi connectivity index (χ2n) is 12.2. The van der Waals surface area contributed by atoms with Gasteiger partial charge in [-0.1, -0.05) is 116 Å². The van der Waals surface area contributed by atoms with Crippen LogP contribution in [0.1, 0.15) is 72.0 Å². The molecule has 0 aliphatic carbocycles. The molecule has 0 aromatic heterocycles. The first-order valence-corrected chi connectivity index (χ1v) is 16.3. The molecule has 5 rings (SSSR count). The van der Waals surface area contributed by atoms with E-state index in [1.165, 1.54) is 11.1 Å². The number of carboxylic acid groups (broad SMARTS) is 1. The largest absolute Gasteiger partial charge is 0.481 e. The number of ether oxygens (including phenoxy) is 2. The molecule has 1 saturated heterocycles. The van der Waals surface area contributed by atoms with Gasteiger partial charge in [0, 0.05) is 50.5 Å². The molecule has 1 aliphatic heterocycles. The summed E-state index contributed by atoms with van der Waals surface area (Å²) >= 11 is 0. The smallest absolute Gasteiger partial charge is 0.303 e. The second-order valence-corrected chi connectivity index (χ2v) is 12.2. The van der Waals surface area contributed by atoms with E-state index >= 15 is 0 Å². The van der Waals surface area contributed by atoms with Crippen molar-refractivity contribution < 1.29 is 29.3 Å². The number of aliphatic hydroxyl groups is 1. The van der Waals surface area contributed by atoms with Crippen molar-refractivity contribution in [2.24, 2.45) is 5.92 Å². The van der Waals surface area contributed by atoms with E-state index in [4.69, 9.17) is 14.6 Å². The van der Waals surface area contributed by atoms with Crippen molar-refractivity contribution in [3.8, 4) is 0 Å². The lowest BCUT2D eigenvalue weighted by molar-refractivity contribution is -0.276. The van der Waals surface area contributed by atoms with Crippen molar-refractivity contribution in [2.75, 3.05) is 6.54 Å². The molecule has 4 aromatic carbocycles. The third kappa shape index (κ3) is 10.1. The zero-order valence-corrected chi connectivity index (χ0v) is 26.8. The van der Waals surface area contributed by atoms with Gasteiger partial charge >= 0.3 is 5.97 Å². The van der Waals surface area contributed by atoms with Crippen molar-refractivity contribution in [3.05, 3.63) is 143 Å². The molecule has 1 amide bonds. The van der Waals surface area contributed by atoms with Crippen molar-refractivity contribution in [1.82, 2.24) is 10.2 Å². The van der Waals surface area contributed by atoms with Gasteiger partial charge in [-0.05, 0) is 34.2 Å². The van der Waals surface area contributed by atoms with Crippen LogP contribution in [-0.2, 0) is 45.3 Å². The number of aliphatic carboxylic acids is 1. The number of hydrogen-bond donors (Lipinski definition) is 3. The summed E-state index contributed by atoms with van der Waals surface area (Å²) in [6.45, 7) is 4.77. The van der Waals surface area contributed by atoms with E-state index in [1.807, 2.05) is 60.7 Å². The van der Waals surface area contributed by atoms with Crippen LogP contribution in [0, 0.1) is 5.92 Å². The Balaban J connectivity index is 1.34. The van der Waals surface area contributed by atoms with Crippen LogP contribution in [0.5, 0.6) is 0 Å². The fraction of sp³-hybridized carbons (Fsp3) is 0.333. The van der Waals surface area contributed by atoms with E-state index in [1.54, 1.807) is 0 Å². The average molecular weight is 637 g/mol. The minimum Gasteiger partial charge on any atom is -0.481 e. The Morgan fingerprint density at radius 3 is 1.87 bits per heavy atom. The molecular weight excluding hydrogens is 592 g/mol. The molecule has 4 atom stereocenters. The Hall–Kier alpha value is -4.34. The zero-order chi connectivity index (χ0) is 33.0. The first-order valence-electron chi connectivity index (χ1n) is 16.3. The fourth-order valence-electron chi connectivity index (χ4n) is 5.93. The maximum Gasteiger partial charge on any atom is 0.303 e. The number of carbonyl (C=O) groups excluding carboxylic acids is 1. The number of nitrogens with one attached hydrogen (secondary N) is 1. The van der Waals surface area contributed by atoms with E-state index in [2.05, 4.69) is 65.7 Å². The number of amides is 1. The molecule has 8 nitrogen and oxygen atoms in total. The summed E-state index contributed by atoms with van der Waals surface area (Å²) < 4.78 is 13.4. The molecular formula is C39H44N2O6. The van der Waals surface area contributed by atoms with Gasteiger partial charge in [0.25, 0.3) is 0 Å². The number of nitrogens with zero attached hydrogens (tertiary/aromatic N) is 1. The molecule has 0 bridgehead atoms. The monoisotopic (exact) mass is 636 g/mol. The third-order valence-corrected chi connectivity index (χ3v) is 8.60. The number of carbonyl (C=O) groups is 2. The molecule has 0 radical (unpaired) electrons. The maximum atomic E-state index is 12.1. The van der Waals surface area contributed by atoms with Gasteiger partial charge in [0.1, 0.15) is 0 Å². The summed E-state index contributed by atoms with van der Waals surface area (Å²) in [5.74, 6) is -1.03. The SMILES string of the molecule is CC1C(CN(Cc2ccccc2)Cc2ccccc2)OC(c2ccc(CNC(=O)CCCC(=O)O)cc2)OC1c1ccc(CO)cc1. The summed E-state index contributed by atoms with van der Waals surface area (Å²) in [5, 5.41) is 21.3. The normalized spacial score (nSPS) is 19.4. The Labute approximate surface area is 277 Å². The zero-order valence-electron chi connectivity index (χ0n) is 26.8. The molecule has 246 valence electrons. The number of carboxylic acids is 1. The number of aliphatic hydroxyl groups excluding tert-OH is 1. The van der Waals surface area contributed by atoms with Crippen LogP contribution < -0.4 is 5.32 Å². The van der Waals surface area contributed by atoms with Gasteiger partial charge in [-0.3, -0.25) is 14.5 Å². The molecule has 4 unspecified atom stereocenters. The minimum atomic E-state index is -0.901. The molecule has 3 N–H and O–H groups in total. The summed E-state index contributed by atoms with van der Waals surface area (Å²) in [4.78, 5) is 25.3. The van der Waals surface area contributed by atoms with Gasteiger partial charge in [0.05, 0.1) is 18.8 Å². The first-order chi connectivity index (χ1) is 22.9. The van der Waals surface area contributed by atoms with Crippen molar-refractivity contribution in [3.63, 3.8) is 0 Å². The van der Waals surface area contributed by atoms with E-state index in [-0.39, 0.29) is 43.5 Å². The highest BCUT2D eigenvalue weighted by Crippen LogP contribution is 2.42. The average Bonchev–Trinajstić information content (AvgIpc) is 3.09. The van der Waals surface area contributed by atoms with Gasteiger partial charge in [0.15, 0.2) is 6.29 Å². The van der Waals surface area contributed by atoms with E-state index in [0.29, 0.717) is 19.5 Å². The highest BCUT2D eigenvalue weighted by atomic mass is 16.7. The molecule has 1 heterocycles. The molecule has 0 spiro atoms. The maximum absolute atomic E-state index is 12.1. The van der Waals surface area contributed by atoms with E-state index < -0.39 is 12.3 Å². The Morgan fingerprint density at radius 2 is 1.30 bits per heavy atom. The van der Waals surface area contributed by atoms with Crippen LogP contribution in [0.3, 0.4) is 0 Å². The van der Waals surface area contributed by atoms with Crippen LogP contribution in [0.15, 0.2) is 109 Å². The number of rotatable bonds is 15. The Bertz CT molecular complexity index is 1500. The number of benzene rings is 4. The predicted molar refractivity (Wildman–Crippen MR) is 180 cm³/mol. The lowest BCUT2D eigenvalue weighted by Crippen LogP contribution is -2.44. The van der Waals surface area contributed by atoms with Gasteiger partial charge < -0.3 is 25.0 Å². The van der Waals surface area contributed by atoms with Crippen molar-refractivity contribution in [2.45, 2.75) is 70.9 Å². The van der Waals surface area contributed by atoms with Crippen LogP contribution in [0.25, 0.3) is 0 Å². The molecule has 1 fully saturated rings. The third-order valence-electron chi connectivity index (χ3n) is 8.60. The Morgan fingerprint density at radius 1 is 0.723 bits per heavy atom. The van der Waals surface area contributed by atoms with Crippen LogP contribution >= 0.6 is 0 Å². The topological polar surface area (TPSA) is 108 Å². The molecule has 4 aromatic rings. The van der Waals surface area contributed by atoms with Gasteiger partial charge in [-0.2, -0.15) is 0 Å². The lowest BCUT2D eigenvalue weighted by atomic mass is 9.89. The van der Waals surface area contributed by atoms with Crippen molar-refractivity contribution in [1.29, 1.82) is 0 Å². The lowest BCUT2D eigenvalue weighted by Gasteiger charge is -2.43. The summed E-state index contributed by atoms with van der Waals surface area (Å²) in [6.07, 6.45) is -0.506. The van der Waals surface area contributed by atoms with Gasteiger partial charge in [-0.25, -0.2) is 0 Å². The predicted octanol–water partition coefficient (Wildman–Crippen LogP) is 6.54. The summed E-state index contributed by atoms with van der Waals surface area (Å²) in [7, 11) is 0. The van der Waals surface area contributed by atoms with Crippen LogP contribution in [0.4, 0.5) is 0 Å². The number of hydrogen-bond acceptors (Lipinski definition) is 6. The van der Waals surface area contributed by atoms with Crippen LogP contribution in [0.2, 0.25) is 0 Å². The minimum absolute atomic E-state index is 0.0151.